The minimum atomic E-state index is -0.0147. The third-order valence-electron chi connectivity index (χ3n) is 4.38. The van der Waals surface area contributed by atoms with Gasteiger partial charge in [-0.25, -0.2) is 9.97 Å². The summed E-state index contributed by atoms with van der Waals surface area (Å²) < 4.78 is 5.23. The number of benzene rings is 2. The summed E-state index contributed by atoms with van der Waals surface area (Å²) in [6, 6.07) is 11.4. The second kappa shape index (κ2) is 5.73. The van der Waals surface area contributed by atoms with E-state index in [2.05, 4.69) is 9.97 Å². The smallest absolute Gasteiger partial charge is 0.259 e. The number of fused-ring (bicyclic) bond motifs is 2. The van der Waals surface area contributed by atoms with Crippen LogP contribution in [0.3, 0.4) is 0 Å². The molecule has 1 amide bonds. The van der Waals surface area contributed by atoms with Crippen molar-refractivity contribution in [2.24, 2.45) is 0 Å². The number of ether oxygens (including phenoxy) is 1. The summed E-state index contributed by atoms with van der Waals surface area (Å²) in [5, 5.41) is 0.907. The Morgan fingerprint density at radius 2 is 2.00 bits per heavy atom. The third-order valence-corrected chi connectivity index (χ3v) is 4.38. The molecule has 4 rings (SSSR count). The Hall–Kier alpha value is -3.15. The van der Waals surface area contributed by atoms with Gasteiger partial charge in [0, 0.05) is 36.9 Å². The molecule has 6 nitrogen and oxygen atoms in total. The van der Waals surface area contributed by atoms with Gasteiger partial charge < -0.3 is 14.5 Å². The van der Waals surface area contributed by atoms with Crippen molar-refractivity contribution in [3.63, 3.8) is 0 Å². The van der Waals surface area contributed by atoms with Crippen molar-refractivity contribution in [2.75, 3.05) is 31.0 Å². The van der Waals surface area contributed by atoms with E-state index in [4.69, 9.17) is 4.74 Å². The fraction of sp³-hybridized carbons (Fsp3) is 0.211. The molecule has 1 aromatic heterocycles. The monoisotopic (exact) mass is 334 g/mol. The highest BCUT2D eigenvalue weighted by Gasteiger charge is 2.29. The molecule has 0 saturated heterocycles. The molecule has 0 spiro atoms. The van der Waals surface area contributed by atoms with Crippen LogP contribution in [-0.4, -0.2) is 37.1 Å². The maximum atomic E-state index is 12.8. The molecule has 2 heterocycles. The van der Waals surface area contributed by atoms with Gasteiger partial charge in [-0.15, -0.1) is 0 Å². The molecule has 126 valence electrons. The summed E-state index contributed by atoms with van der Waals surface area (Å²) in [5.74, 6) is 1.34. The molecule has 0 saturated carbocycles. The third kappa shape index (κ3) is 2.55. The Kier molecular flexibility index (Phi) is 3.53. The molecule has 0 aliphatic carbocycles. The van der Waals surface area contributed by atoms with E-state index >= 15 is 0 Å². The van der Waals surface area contributed by atoms with E-state index in [0.717, 1.165) is 22.2 Å². The minimum Gasteiger partial charge on any atom is -0.497 e. The quantitative estimate of drug-likeness (QED) is 0.737. The van der Waals surface area contributed by atoms with Gasteiger partial charge in [-0.3, -0.25) is 4.79 Å². The van der Waals surface area contributed by atoms with Crippen LogP contribution in [0.2, 0.25) is 0 Å². The fourth-order valence-electron chi connectivity index (χ4n) is 3.01. The van der Waals surface area contributed by atoms with Crippen LogP contribution >= 0.6 is 0 Å². The van der Waals surface area contributed by atoms with Crippen molar-refractivity contribution in [2.45, 2.75) is 6.54 Å². The molecule has 3 aromatic rings. The van der Waals surface area contributed by atoms with Gasteiger partial charge in [0.2, 0.25) is 5.95 Å². The second-order valence-corrected chi connectivity index (χ2v) is 6.22. The number of hydrogen-bond acceptors (Lipinski definition) is 5. The maximum absolute atomic E-state index is 12.8. The maximum Gasteiger partial charge on any atom is 0.259 e. The zero-order chi connectivity index (χ0) is 17.6. The van der Waals surface area contributed by atoms with E-state index in [0.29, 0.717) is 23.8 Å². The van der Waals surface area contributed by atoms with Crippen molar-refractivity contribution in [3.8, 4) is 5.75 Å². The van der Waals surface area contributed by atoms with Crippen molar-refractivity contribution in [1.82, 2.24) is 9.97 Å². The number of amides is 1. The number of hydrogen-bond donors (Lipinski definition) is 0. The molecule has 1 aliphatic rings. The molecule has 0 bridgehead atoms. The highest BCUT2D eigenvalue weighted by molar-refractivity contribution is 6.10. The predicted molar refractivity (Wildman–Crippen MR) is 97.4 cm³/mol. The van der Waals surface area contributed by atoms with Crippen LogP contribution in [0.1, 0.15) is 15.9 Å². The lowest BCUT2D eigenvalue weighted by molar-refractivity contribution is 0.0996. The highest BCUT2D eigenvalue weighted by Crippen LogP contribution is 2.32. The zero-order valence-electron chi connectivity index (χ0n) is 14.4. The molecular formula is C19H18N4O2. The van der Waals surface area contributed by atoms with E-state index < -0.39 is 0 Å². The van der Waals surface area contributed by atoms with Crippen LogP contribution in [0.5, 0.6) is 5.75 Å². The molecule has 0 fully saturated rings. The van der Waals surface area contributed by atoms with E-state index in [1.165, 1.54) is 0 Å². The van der Waals surface area contributed by atoms with Crippen LogP contribution in [0.25, 0.3) is 10.9 Å². The topological polar surface area (TPSA) is 58.6 Å². The number of rotatable bonds is 3. The van der Waals surface area contributed by atoms with Gasteiger partial charge in [0.05, 0.1) is 19.2 Å². The highest BCUT2D eigenvalue weighted by atomic mass is 16.5. The van der Waals surface area contributed by atoms with E-state index in [9.17, 15) is 4.79 Å². The summed E-state index contributed by atoms with van der Waals surface area (Å²) in [6.07, 6.45) is 1.79. The Morgan fingerprint density at radius 3 is 2.76 bits per heavy atom. The first-order valence-corrected chi connectivity index (χ1v) is 8.00. The fourth-order valence-corrected chi connectivity index (χ4v) is 3.01. The zero-order valence-corrected chi connectivity index (χ0v) is 14.4. The SMILES string of the molecule is COc1ccc2c(c1)C(=O)N(c1ccc3nc(N(C)C)ncc3c1)C2. The van der Waals surface area contributed by atoms with Gasteiger partial charge in [-0.1, -0.05) is 6.07 Å². The summed E-state index contributed by atoms with van der Waals surface area (Å²) in [4.78, 5) is 25.3. The van der Waals surface area contributed by atoms with Gasteiger partial charge in [0.15, 0.2) is 0 Å². The lowest BCUT2D eigenvalue weighted by Gasteiger charge is -2.16. The first-order valence-electron chi connectivity index (χ1n) is 8.00. The van der Waals surface area contributed by atoms with E-state index in [-0.39, 0.29) is 5.91 Å². The number of nitrogens with zero attached hydrogens (tertiary/aromatic N) is 4. The Bertz CT molecular complexity index is 984. The Labute approximate surface area is 145 Å². The summed E-state index contributed by atoms with van der Waals surface area (Å²) in [6.45, 7) is 0.556. The standard InChI is InChI=1S/C19H18N4O2/c1-22(2)19-20-10-13-8-14(5-7-17(13)21-19)23-11-12-4-6-15(25-3)9-16(12)18(23)24/h4-10H,11H2,1-3H3. The molecule has 25 heavy (non-hydrogen) atoms. The van der Waals surface area contributed by atoms with Crippen LogP contribution in [0, 0.1) is 0 Å². The number of carbonyl (C=O) groups excluding carboxylic acids is 1. The molecule has 1 aliphatic heterocycles. The molecule has 0 N–H and O–H groups in total. The number of methoxy groups -OCH3 is 1. The number of carbonyl (C=O) groups is 1. The second-order valence-electron chi connectivity index (χ2n) is 6.22. The average Bonchev–Trinajstić information content (AvgIpc) is 2.97. The molecule has 0 unspecified atom stereocenters. The number of anilines is 2. The van der Waals surface area contributed by atoms with Crippen molar-refractivity contribution in [3.05, 3.63) is 53.7 Å². The minimum absolute atomic E-state index is 0.0147. The van der Waals surface area contributed by atoms with Gasteiger partial charge in [-0.05, 0) is 35.9 Å². The first kappa shape index (κ1) is 15.4. The van der Waals surface area contributed by atoms with E-state index in [1.54, 1.807) is 24.3 Å². The van der Waals surface area contributed by atoms with E-state index in [1.807, 2.05) is 49.3 Å². The first-order chi connectivity index (χ1) is 12.1. The predicted octanol–water partition coefficient (Wildman–Crippen LogP) is 2.86. The Balaban J connectivity index is 1.70. The lowest BCUT2D eigenvalue weighted by Crippen LogP contribution is -2.22. The largest absolute Gasteiger partial charge is 0.497 e. The van der Waals surface area contributed by atoms with Crippen molar-refractivity contribution < 1.29 is 9.53 Å². The summed E-state index contributed by atoms with van der Waals surface area (Å²) in [7, 11) is 5.41. The lowest BCUT2D eigenvalue weighted by atomic mass is 10.1. The van der Waals surface area contributed by atoms with Crippen LogP contribution < -0.4 is 14.5 Å². The van der Waals surface area contributed by atoms with Crippen LogP contribution in [0.15, 0.2) is 42.6 Å². The molecule has 2 aromatic carbocycles. The van der Waals surface area contributed by atoms with Gasteiger partial charge in [0.1, 0.15) is 5.75 Å². The van der Waals surface area contributed by atoms with Crippen molar-refractivity contribution in [1.29, 1.82) is 0 Å². The normalized spacial score (nSPS) is 13.2. The molecule has 0 atom stereocenters. The van der Waals surface area contributed by atoms with Crippen molar-refractivity contribution >= 4 is 28.4 Å². The summed E-state index contributed by atoms with van der Waals surface area (Å²) in [5.41, 5.74) is 3.39. The molecule has 6 heteroatoms. The van der Waals surface area contributed by atoms with Gasteiger partial charge in [-0.2, -0.15) is 0 Å². The van der Waals surface area contributed by atoms with Gasteiger partial charge >= 0.3 is 0 Å². The summed E-state index contributed by atoms with van der Waals surface area (Å²) >= 11 is 0. The Morgan fingerprint density at radius 1 is 1.16 bits per heavy atom. The molecule has 0 radical (unpaired) electrons. The molecular weight excluding hydrogens is 316 g/mol. The number of aromatic nitrogens is 2. The average molecular weight is 334 g/mol. The van der Waals surface area contributed by atoms with Crippen LogP contribution in [-0.2, 0) is 6.54 Å². The van der Waals surface area contributed by atoms with Gasteiger partial charge in [0.25, 0.3) is 5.91 Å². The van der Waals surface area contributed by atoms with Crippen LogP contribution in [0.4, 0.5) is 11.6 Å².